The quantitative estimate of drug-likeness (QED) is 0.472. The summed E-state index contributed by atoms with van der Waals surface area (Å²) in [6.45, 7) is 0. The number of benzene rings is 3. The monoisotopic (exact) mass is 453 g/mol. The molecule has 5 rings (SSSR count). The molecule has 0 aromatic heterocycles. The summed E-state index contributed by atoms with van der Waals surface area (Å²) >= 11 is 6.20. The van der Waals surface area contributed by atoms with Crippen LogP contribution >= 0.6 is 11.6 Å². The molecule has 4 nitrogen and oxygen atoms in total. The van der Waals surface area contributed by atoms with Crippen LogP contribution < -0.4 is 4.90 Å². The number of nitrogens with zero attached hydrogens (tertiary/aromatic N) is 3. The van der Waals surface area contributed by atoms with Crippen molar-refractivity contribution >= 4 is 29.1 Å². The van der Waals surface area contributed by atoms with Gasteiger partial charge in [-0.3, -0.25) is 4.79 Å². The Labute approximate surface area is 195 Å². The van der Waals surface area contributed by atoms with Crippen LogP contribution in [-0.2, 0) is 0 Å². The molecule has 3 atom stereocenters. The van der Waals surface area contributed by atoms with Crippen LogP contribution in [0.5, 0.6) is 0 Å². The van der Waals surface area contributed by atoms with Gasteiger partial charge in [-0.1, -0.05) is 72.3 Å². The van der Waals surface area contributed by atoms with E-state index in [1.165, 1.54) is 6.07 Å². The molecule has 3 aromatic carbocycles. The Morgan fingerprint density at radius 3 is 2.39 bits per heavy atom. The van der Waals surface area contributed by atoms with E-state index in [0.29, 0.717) is 16.3 Å². The summed E-state index contributed by atoms with van der Waals surface area (Å²) in [4.78, 5) is 15.8. The van der Waals surface area contributed by atoms with Crippen LogP contribution in [0.15, 0.2) is 78.9 Å². The van der Waals surface area contributed by atoms with E-state index in [2.05, 4.69) is 12.1 Å². The van der Waals surface area contributed by atoms with Gasteiger partial charge in [0.15, 0.2) is 11.2 Å². The molecule has 1 saturated heterocycles. The van der Waals surface area contributed by atoms with Gasteiger partial charge in [-0.25, -0.2) is 4.39 Å². The molecule has 0 radical (unpaired) electrons. The SMILES string of the molecule is N#CC1(C#N)[C@@H]2C=Cc3cc(Cl)ccc3N2[C@@H](C(=O)c2ccccc2)[C@@H]1c1ccccc1F. The lowest BCUT2D eigenvalue weighted by molar-refractivity contribution is 0.0950. The number of anilines is 1. The molecule has 160 valence electrons. The van der Waals surface area contributed by atoms with Gasteiger partial charge in [0.25, 0.3) is 0 Å². The molecule has 6 heteroatoms. The third-order valence-corrected chi connectivity index (χ3v) is 6.77. The number of halogens is 2. The second-order valence-corrected chi connectivity index (χ2v) is 8.62. The van der Waals surface area contributed by atoms with Crippen molar-refractivity contribution in [1.82, 2.24) is 0 Å². The largest absolute Gasteiger partial charge is 0.351 e. The molecular weight excluding hydrogens is 437 g/mol. The number of hydrogen-bond donors (Lipinski definition) is 0. The predicted molar refractivity (Wildman–Crippen MR) is 124 cm³/mol. The molecular formula is C27H17ClFN3O. The van der Waals surface area contributed by atoms with Crippen molar-refractivity contribution in [2.24, 2.45) is 5.41 Å². The zero-order valence-electron chi connectivity index (χ0n) is 17.3. The number of ketones is 1. The molecule has 3 aromatic rings. The predicted octanol–water partition coefficient (Wildman–Crippen LogP) is 5.76. The van der Waals surface area contributed by atoms with Crippen molar-refractivity contribution in [1.29, 1.82) is 10.5 Å². The first kappa shape index (κ1) is 20.9. The van der Waals surface area contributed by atoms with Crippen molar-refractivity contribution in [3.8, 4) is 12.1 Å². The van der Waals surface area contributed by atoms with E-state index in [1.54, 1.807) is 83.8 Å². The van der Waals surface area contributed by atoms with Crippen LogP contribution in [-0.4, -0.2) is 17.9 Å². The number of hydrogen-bond acceptors (Lipinski definition) is 4. The van der Waals surface area contributed by atoms with E-state index in [9.17, 15) is 15.3 Å². The number of fused-ring (bicyclic) bond motifs is 3. The minimum atomic E-state index is -1.69. The Kier molecular flexibility index (Phi) is 5.01. The molecule has 0 unspecified atom stereocenters. The van der Waals surface area contributed by atoms with Crippen LogP contribution in [0.1, 0.15) is 27.4 Å². The van der Waals surface area contributed by atoms with E-state index >= 15 is 4.39 Å². The number of Topliss-reactive ketones (excluding diaryl/α,β-unsaturated/α-hetero) is 1. The standard InChI is InChI=1S/C27H17ClFN3O/c28-19-11-12-22-18(14-19)10-13-23-27(15-30,16-31)24(20-8-4-5-9-21(20)29)25(32(22)23)26(33)17-6-2-1-3-7-17/h1-14,23-25H/t23-,24-,25+/m0/s1. The fraction of sp³-hybridized carbons (Fsp3) is 0.148. The summed E-state index contributed by atoms with van der Waals surface area (Å²) < 4.78 is 15.1. The highest BCUT2D eigenvalue weighted by Crippen LogP contribution is 2.56. The number of rotatable bonds is 3. The van der Waals surface area contributed by atoms with Gasteiger partial charge >= 0.3 is 0 Å². The zero-order chi connectivity index (χ0) is 23.2. The maximum absolute atomic E-state index is 15.1. The maximum Gasteiger partial charge on any atom is 0.185 e. The Hall–Kier alpha value is -3.93. The van der Waals surface area contributed by atoms with Crippen molar-refractivity contribution in [3.63, 3.8) is 0 Å². The molecule has 33 heavy (non-hydrogen) atoms. The summed E-state index contributed by atoms with van der Waals surface area (Å²) in [5, 5.41) is 21.2. The van der Waals surface area contributed by atoms with E-state index in [1.807, 2.05) is 0 Å². The van der Waals surface area contributed by atoms with Gasteiger partial charge in [0, 0.05) is 22.2 Å². The van der Waals surface area contributed by atoms with Crippen molar-refractivity contribution in [2.45, 2.75) is 18.0 Å². The highest BCUT2D eigenvalue weighted by Gasteiger charge is 2.63. The molecule has 0 bridgehead atoms. The van der Waals surface area contributed by atoms with Crippen LogP contribution in [0, 0.1) is 33.9 Å². The average Bonchev–Trinajstić information content (AvgIpc) is 3.14. The second-order valence-electron chi connectivity index (χ2n) is 8.18. The lowest BCUT2D eigenvalue weighted by Gasteiger charge is -2.35. The molecule has 2 heterocycles. The maximum atomic E-state index is 15.1. The summed E-state index contributed by atoms with van der Waals surface area (Å²) in [6.07, 6.45) is 3.55. The molecule has 0 amide bonds. The van der Waals surface area contributed by atoms with E-state index in [4.69, 9.17) is 11.6 Å². The topological polar surface area (TPSA) is 67.9 Å². The minimum Gasteiger partial charge on any atom is -0.351 e. The molecule has 0 saturated carbocycles. The smallest absolute Gasteiger partial charge is 0.185 e. The van der Waals surface area contributed by atoms with Crippen molar-refractivity contribution < 1.29 is 9.18 Å². The van der Waals surface area contributed by atoms with Gasteiger partial charge < -0.3 is 4.90 Å². The summed E-state index contributed by atoms with van der Waals surface area (Å²) in [6, 6.07) is 22.6. The van der Waals surface area contributed by atoms with E-state index in [0.717, 1.165) is 5.56 Å². The highest BCUT2D eigenvalue weighted by molar-refractivity contribution is 6.30. The summed E-state index contributed by atoms with van der Waals surface area (Å²) in [5.74, 6) is -1.85. The average molecular weight is 454 g/mol. The normalized spacial score (nSPS) is 22.1. The van der Waals surface area contributed by atoms with E-state index in [-0.39, 0.29) is 11.3 Å². The molecule has 1 fully saturated rings. The Morgan fingerprint density at radius 1 is 1.00 bits per heavy atom. The molecule has 0 N–H and O–H groups in total. The Morgan fingerprint density at radius 2 is 1.70 bits per heavy atom. The molecule has 0 spiro atoms. The Balaban J connectivity index is 1.81. The lowest BCUT2D eigenvalue weighted by Crippen LogP contribution is -2.44. The third-order valence-electron chi connectivity index (χ3n) is 6.54. The van der Waals surface area contributed by atoms with Gasteiger partial charge in [-0.15, -0.1) is 0 Å². The highest BCUT2D eigenvalue weighted by atomic mass is 35.5. The van der Waals surface area contributed by atoms with Crippen LogP contribution in [0.2, 0.25) is 5.02 Å². The summed E-state index contributed by atoms with van der Waals surface area (Å²) in [7, 11) is 0. The first-order valence-electron chi connectivity index (χ1n) is 10.4. The van der Waals surface area contributed by atoms with Gasteiger partial charge in [0.2, 0.25) is 0 Å². The summed E-state index contributed by atoms with van der Waals surface area (Å²) in [5.41, 5.74) is 0.358. The van der Waals surface area contributed by atoms with Crippen LogP contribution in [0.3, 0.4) is 0 Å². The fourth-order valence-electron chi connectivity index (χ4n) is 5.11. The van der Waals surface area contributed by atoms with Crippen molar-refractivity contribution in [3.05, 3.63) is 106 Å². The Bertz CT molecular complexity index is 1360. The number of carbonyl (C=O) groups excluding carboxylic acids is 1. The van der Waals surface area contributed by atoms with Gasteiger partial charge in [-0.05, 0) is 35.4 Å². The van der Waals surface area contributed by atoms with Crippen LogP contribution in [0.4, 0.5) is 10.1 Å². The molecule has 0 aliphatic carbocycles. The van der Waals surface area contributed by atoms with Gasteiger partial charge in [0.1, 0.15) is 11.9 Å². The first-order valence-corrected chi connectivity index (χ1v) is 10.8. The second kappa shape index (κ2) is 7.89. The van der Waals surface area contributed by atoms with Crippen LogP contribution in [0.25, 0.3) is 6.08 Å². The molecule has 2 aliphatic heterocycles. The number of nitriles is 2. The lowest BCUT2D eigenvalue weighted by atomic mass is 9.69. The van der Waals surface area contributed by atoms with Gasteiger partial charge in [0.05, 0.1) is 18.2 Å². The number of carbonyl (C=O) groups is 1. The zero-order valence-corrected chi connectivity index (χ0v) is 18.1. The van der Waals surface area contributed by atoms with Crippen molar-refractivity contribution in [2.75, 3.05) is 4.90 Å². The third kappa shape index (κ3) is 3.05. The fourth-order valence-corrected chi connectivity index (χ4v) is 5.29. The first-order chi connectivity index (χ1) is 16.0. The van der Waals surface area contributed by atoms with Gasteiger partial charge in [-0.2, -0.15) is 10.5 Å². The minimum absolute atomic E-state index is 0.174. The van der Waals surface area contributed by atoms with E-state index < -0.39 is 29.2 Å². The molecule has 2 aliphatic rings.